The molecular formula is C25H29N3O3S. The van der Waals surface area contributed by atoms with Crippen molar-refractivity contribution in [2.75, 3.05) is 6.61 Å². The molecule has 6 nitrogen and oxygen atoms in total. The van der Waals surface area contributed by atoms with Crippen molar-refractivity contribution in [3.63, 3.8) is 0 Å². The van der Waals surface area contributed by atoms with Crippen molar-refractivity contribution in [2.24, 2.45) is 0 Å². The number of amides is 2. The van der Waals surface area contributed by atoms with E-state index in [2.05, 4.69) is 15.2 Å². The monoisotopic (exact) mass is 451 g/mol. The number of aromatic nitrogens is 1. The molecule has 0 aliphatic heterocycles. The van der Waals surface area contributed by atoms with E-state index in [9.17, 15) is 9.59 Å². The lowest BCUT2D eigenvalue weighted by Gasteiger charge is -2.19. The van der Waals surface area contributed by atoms with Gasteiger partial charge in [0.2, 0.25) is 0 Å². The fourth-order valence-corrected chi connectivity index (χ4v) is 5.55. The summed E-state index contributed by atoms with van der Waals surface area (Å²) in [5.41, 5.74) is 3.45. The molecule has 2 aromatic heterocycles. The third-order valence-electron chi connectivity index (χ3n) is 5.71. The van der Waals surface area contributed by atoms with E-state index < -0.39 is 6.04 Å². The van der Waals surface area contributed by atoms with Crippen molar-refractivity contribution >= 4 is 23.3 Å². The number of carbonyl (C=O) groups excluding carboxylic acids is 2. The number of ether oxygens (including phenoxy) is 1. The number of urea groups is 1. The van der Waals surface area contributed by atoms with E-state index in [1.54, 1.807) is 6.92 Å². The van der Waals surface area contributed by atoms with Gasteiger partial charge in [-0.15, -0.1) is 11.3 Å². The Morgan fingerprint density at radius 2 is 1.84 bits per heavy atom. The van der Waals surface area contributed by atoms with E-state index in [0.717, 1.165) is 18.4 Å². The van der Waals surface area contributed by atoms with Gasteiger partial charge in [-0.05, 0) is 55.9 Å². The molecule has 1 aliphatic rings. The number of nitrogens with zero attached hydrogens (tertiary/aromatic N) is 1. The van der Waals surface area contributed by atoms with Gasteiger partial charge in [0.25, 0.3) is 0 Å². The molecule has 2 heterocycles. The highest BCUT2D eigenvalue weighted by Crippen LogP contribution is 2.36. The lowest BCUT2D eigenvalue weighted by atomic mass is 9.95. The molecular weight excluding hydrogens is 422 g/mol. The van der Waals surface area contributed by atoms with Crippen LogP contribution in [0.25, 0.3) is 5.00 Å². The summed E-state index contributed by atoms with van der Waals surface area (Å²) in [7, 11) is 0. The predicted octanol–water partition coefficient (Wildman–Crippen LogP) is 4.91. The van der Waals surface area contributed by atoms with E-state index in [1.165, 1.54) is 33.8 Å². The fourth-order valence-electron chi connectivity index (χ4n) is 4.18. The molecule has 168 valence electrons. The summed E-state index contributed by atoms with van der Waals surface area (Å²) in [5.74, 6) is -0.330. The summed E-state index contributed by atoms with van der Waals surface area (Å²) in [6, 6.07) is 12.8. The van der Waals surface area contributed by atoms with Crippen LogP contribution in [0.2, 0.25) is 0 Å². The molecule has 0 unspecified atom stereocenters. The summed E-state index contributed by atoms with van der Waals surface area (Å²) in [6.07, 6.45) is 8.75. The van der Waals surface area contributed by atoms with Crippen molar-refractivity contribution in [3.8, 4) is 5.00 Å². The van der Waals surface area contributed by atoms with Crippen LogP contribution in [0.15, 0.2) is 54.9 Å². The summed E-state index contributed by atoms with van der Waals surface area (Å²) < 4.78 is 7.23. The van der Waals surface area contributed by atoms with Crippen LogP contribution in [-0.4, -0.2) is 23.2 Å². The molecule has 0 radical (unpaired) electrons. The zero-order chi connectivity index (χ0) is 22.3. The molecule has 0 fully saturated rings. The molecule has 2 N–H and O–H groups in total. The second-order valence-corrected chi connectivity index (χ2v) is 8.97. The van der Waals surface area contributed by atoms with Gasteiger partial charge in [-0.1, -0.05) is 30.3 Å². The number of nitrogens with one attached hydrogen (secondary N) is 2. The van der Waals surface area contributed by atoms with Gasteiger partial charge < -0.3 is 19.9 Å². The highest BCUT2D eigenvalue weighted by Gasteiger charge is 2.23. The van der Waals surface area contributed by atoms with Crippen molar-refractivity contribution in [1.29, 1.82) is 0 Å². The van der Waals surface area contributed by atoms with E-state index in [4.69, 9.17) is 4.74 Å². The van der Waals surface area contributed by atoms with Gasteiger partial charge in [-0.25, -0.2) is 4.79 Å². The SMILES string of the molecule is CCOC(=O)C[C@H](NC(=O)NCc1c(-n2cccc2)sc2c1CCCC2)c1ccccc1. The van der Waals surface area contributed by atoms with Crippen LogP contribution < -0.4 is 10.6 Å². The van der Waals surface area contributed by atoms with Crippen LogP contribution in [0.5, 0.6) is 0 Å². The number of rotatable bonds is 8. The molecule has 0 saturated carbocycles. The van der Waals surface area contributed by atoms with Gasteiger partial charge in [0, 0.05) is 29.4 Å². The number of aryl methyl sites for hydroxylation is 1. The Kier molecular flexibility index (Phi) is 7.27. The second kappa shape index (κ2) is 10.5. The summed E-state index contributed by atoms with van der Waals surface area (Å²) in [6.45, 7) is 2.55. The molecule has 1 aliphatic carbocycles. The Morgan fingerprint density at radius 1 is 1.09 bits per heavy atom. The topological polar surface area (TPSA) is 72.4 Å². The quantitative estimate of drug-likeness (QED) is 0.478. The Balaban J connectivity index is 1.48. The van der Waals surface area contributed by atoms with Crippen LogP contribution in [0, 0.1) is 0 Å². The first-order chi connectivity index (χ1) is 15.7. The summed E-state index contributed by atoms with van der Waals surface area (Å²) in [5, 5.41) is 7.17. The molecule has 32 heavy (non-hydrogen) atoms. The van der Waals surface area contributed by atoms with Crippen molar-refractivity contribution < 1.29 is 14.3 Å². The molecule has 0 bridgehead atoms. The molecule has 1 atom stereocenters. The number of hydrogen-bond donors (Lipinski definition) is 2. The largest absolute Gasteiger partial charge is 0.466 e. The zero-order valence-corrected chi connectivity index (χ0v) is 19.1. The zero-order valence-electron chi connectivity index (χ0n) is 18.3. The first-order valence-corrected chi connectivity index (χ1v) is 12.0. The minimum Gasteiger partial charge on any atom is -0.466 e. The molecule has 0 saturated heterocycles. The number of thiophene rings is 1. The average molecular weight is 452 g/mol. The van der Waals surface area contributed by atoms with E-state index in [0.29, 0.717) is 13.2 Å². The molecule has 1 aromatic carbocycles. The van der Waals surface area contributed by atoms with Gasteiger partial charge in [0.05, 0.1) is 19.1 Å². The Labute approximate surface area is 192 Å². The molecule has 4 rings (SSSR count). The van der Waals surface area contributed by atoms with Crippen LogP contribution >= 0.6 is 11.3 Å². The first kappa shape index (κ1) is 22.1. The normalized spacial score (nSPS) is 13.8. The number of benzene rings is 1. The lowest BCUT2D eigenvalue weighted by molar-refractivity contribution is -0.143. The van der Waals surface area contributed by atoms with Crippen LogP contribution in [0.4, 0.5) is 4.79 Å². The lowest BCUT2D eigenvalue weighted by Crippen LogP contribution is -2.38. The van der Waals surface area contributed by atoms with E-state index in [1.807, 2.05) is 66.2 Å². The smallest absolute Gasteiger partial charge is 0.315 e. The maximum absolute atomic E-state index is 12.8. The summed E-state index contributed by atoms with van der Waals surface area (Å²) >= 11 is 1.83. The average Bonchev–Trinajstić information content (AvgIpc) is 3.46. The van der Waals surface area contributed by atoms with Gasteiger partial charge >= 0.3 is 12.0 Å². The minimum absolute atomic E-state index is 0.0910. The maximum Gasteiger partial charge on any atom is 0.315 e. The Morgan fingerprint density at radius 3 is 2.59 bits per heavy atom. The Hall–Kier alpha value is -3.06. The number of carbonyl (C=O) groups is 2. The number of esters is 1. The van der Waals surface area contributed by atoms with Gasteiger partial charge in [0.1, 0.15) is 5.00 Å². The Bertz CT molecular complexity index is 1040. The maximum atomic E-state index is 12.8. The van der Waals surface area contributed by atoms with Crippen molar-refractivity contribution in [3.05, 3.63) is 76.4 Å². The van der Waals surface area contributed by atoms with Gasteiger partial charge in [0.15, 0.2) is 0 Å². The fraction of sp³-hybridized carbons (Fsp3) is 0.360. The van der Waals surface area contributed by atoms with Crippen LogP contribution in [0.3, 0.4) is 0 Å². The predicted molar refractivity (Wildman–Crippen MR) is 126 cm³/mol. The van der Waals surface area contributed by atoms with Crippen molar-refractivity contribution in [1.82, 2.24) is 15.2 Å². The van der Waals surface area contributed by atoms with E-state index in [-0.39, 0.29) is 18.4 Å². The highest BCUT2D eigenvalue weighted by atomic mass is 32.1. The van der Waals surface area contributed by atoms with E-state index >= 15 is 0 Å². The summed E-state index contributed by atoms with van der Waals surface area (Å²) in [4.78, 5) is 26.4. The first-order valence-electron chi connectivity index (χ1n) is 11.2. The third kappa shape index (κ3) is 5.22. The highest BCUT2D eigenvalue weighted by molar-refractivity contribution is 7.14. The number of hydrogen-bond acceptors (Lipinski definition) is 4. The molecule has 7 heteroatoms. The third-order valence-corrected chi connectivity index (χ3v) is 7.06. The molecule has 0 spiro atoms. The standard InChI is InChI=1S/C25H29N3O3S/c1-2-31-23(29)16-21(18-10-4-3-5-11-18)27-25(30)26-17-20-19-12-6-7-13-22(19)32-24(20)28-14-8-9-15-28/h3-5,8-11,14-15,21H,2,6-7,12-13,16-17H2,1H3,(H2,26,27,30)/t21-/m0/s1. The number of fused-ring (bicyclic) bond motifs is 1. The molecule has 3 aromatic rings. The van der Waals surface area contributed by atoms with Gasteiger partial charge in [-0.2, -0.15) is 0 Å². The molecule has 2 amide bonds. The van der Waals surface area contributed by atoms with Gasteiger partial charge in [-0.3, -0.25) is 4.79 Å². The van der Waals surface area contributed by atoms with Crippen LogP contribution in [-0.2, 0) is 28.9 Å². The minimum atomic E-state index is -0.449. The van der Waals surface area contributed by atoms with Crippen LogP contribution in [0.1, 0.15) is 53.8 Å². The van der Waals surface area contributed by atoms with Crippen molar-refractivity contribution in [2.45, 2.75) is 51.6 Å². The second-order valence-electron chi connectivity index (χ2n) is 7.88.